The van der Waals surface area contributed by atoms with Gasteiger partial charge in [-0.15, -0.1) is 12.2 Å². The molecular weight excluding hydrogens is 1330 g/mol. The van der Waals surface area contributed by atoms with E-state index in [4.69, 9.17) is 0 Å². The fourth-order valence-corrected chi connectivity index (χ4v) is 17.4. The van der Waals surface area contributed by atoms with Crippen LogP contribution in [0.15, 0.2) is 140 Å². The molecule has 0 aromatic heterocycles. The molecule has 492 valence electrons. The van der Waals surface area contributed by atoms with E-state index in [9.17, 15) is 105 Å². The quantitative estimate of drug-likeness (QED) is 0.0496. The minimum Gasteiger partial charge on any atom is -0.220 e. The molecule has 0 N–H and O–H groups in total. The zero-order chi connectivity index (χ0) is 67.3. The van der Waals surface area contributed by atoms with Crippen LogP contribution in [0.2, 0.25) is 0 Å². The van der Waals surface area contributed by atoms with Crippen LogP contribution in [0, 0.1) is 6.42 Å². The Morgan fingerprint density at radius 3 is 0.833 bits per heavy atom. The van der Waals surface area contributed by atoms with Gasteiger partial charge in [0, 0.05) is 0 Å². The van der Waals surface area contributed by atoms with Gasteiger partial charge >= 0.3 is 65.9 Å². The monoisotopic (exact) mass is 1380 g/mol. The maximum Gasteiger partial charge on any atom is 2.00 e. The number of hydrogen-bond donors (Lipinski definition) is 0. The second kappa shape index (κ2) is 27.2. The third-order valence-electron chi connectivity index (χ3n) is 14.7. The molecular formula is C62H53BF24NiP2. The number of allylic oxidation sites excluding steroid dienone is 4. The fraction of sp³-hybridized carbons (Fsp3) is 0.339. The minimum atomic E-state index is -6.13. The van der Waals surface area contributed by atoms with Crippen molar-refractivity contribution in [2.75, 3.05) is 0 Å². The van der Waals surface area contributed by atoms with E-state index in [-0.39, 0.29) is 32.3 Å². The molecule has 7 rings (SSSR count). The molecule has 0 fully saturated rings. The molecule has 1 aliphatic rings. The summed E-state index contributed by atoms with van der Waals surface area (Å²) in [4.78, 5) is 0. The second-order valence-corrected chi connectivity index (χ2v) is 28.9. The van der Waals surface area contributed by atoms with Gasteiger partial charge in [-0.3, -0.25) is 0 Å². The molecule has 1 aliphatic carbocycles. The van der Waals surface area contributed by atoms with Gasteiger partial charge in [0.05, 0.1) is 44.5 Å². The SMILES string of the molecule is CC(C)P(c1ccccc1C1=C[CH-][C@@H](c2ccccc2P(C(C)C)C(C)C)C=C1)C(C)C.FC(F)(F)c1cc([B-](c2cc(C(F)(F)F)cc(C(F)(F)F)c2)(c2cc(C(F)(F)F)cc(C(F)(F)F)c2)c2cc(C(F)(F)F)cc(C(F)(F)F)c2)cc(C(F)(F)F)c1.[Ni+2]. The molecule has 28 heteroatoms. The molecule has 6 aromatic rings. The van der Waals surface area contributed by atoms with Gasteiger partial charge in [0.15, 0.2) is 0 Å². The van der Waals surface area contributed by atoms with Crippen molar-refractivity contribution in [2.45, 2.75) is 133 Å². The maximum absolute atomic E-state index is 14.2. The number of benzene rings is 6. The Hall–Kier alpha value is -5.59. The van der Waals surface area contributed by atoms with Crippen molar-refractivity contribution in [3.8, 4) is 0 Å². The zero-order valence-corrected chi connectivity index (χ0v) is 50.9. The molecule has 0 heterocycles. The Balaban J connectivity index is 0.000000377. The van der Waals surface area contributed by atoms with Gasteiger partial charge in [-0.25, -0.2) is 12.5 Å². The summed E-state index contributed by atoms with van der Waals surface area (Å²) < 4.78 is 341. The molecule has 0 amide bonds. The van der Waals surface area contributed by atoms with Crippen LogP contribution in [0.25, 0.3) is 5.57 Å². The topological polar surface area (TPSA) is 0 Å². The van der Waals surface area contributed by atoms with Crippen LogP contribution in [0.3, 0.4) is 0 Å². The number of halogens is 24. The molecule has 90 heavy (non-hydrogen) atoms. The first-order valence-electron chi connectivity index (χ1n) is 26.8. The molecule has 0 radical (unpaired) electrons. The Morgan fingerprint density at radius 1 is 0.344 bits per heavy atom. The van der Waals surface area contributed by atoms with Gasteiger partial charge in [-0.2, -0.15) is 133 Å². The Morgan fingerprint density at radius 2 is 0.589 bits per heavy atom. The third-order valence-corrected chi connectivity index (χ3v) is 21.1. The van der Waals surface area contributed by atoms with E-state index in [2.05, 4.69) is 129 Å². The first-order chi connectivity index (χ1) is 40.5. The summed E-state index contributed by atoms with van der Waals surface area (Å²) >= 11 is 0. The van der Waals surface area contributed by atoms with Crippen molar-refractivity contribution >= 4 is 60.0 Å². The number of alkyl halides is 24. The van der Waals surface area contributed by atoms with Crippen molar-refractivity contribution in [3.05, 3.63) is 202 Å². The van der Waals surface area contributed by atoms with E-state index < -0.39 is 195 Å². The summed E-state index contributed by atoms with van der Waals surface area (Å²) in [5.41, 5.74) is -23.2. The van der Waals surface area contributed by atoms with Crippen LogP contribution in [0.5, 0.6) is 0 Å². The average molecular weight is 1390 g/mol. The molecule has 0 unspecified atom stereocenters. The van der Waals surface area contributed by atoms with Crippen molar-refractivity contribution in [1.29, 1.82) is 0 Å². The summed E-state index contributed by atoms with van der Waals surface area (Å²) in [6, 6.07) is 9.47. The van der Waals surface area contributed by atoms with E-state index in [1.165, 1.54) is 16.7 Å². The van der Waals surface area contributed by atoms with E-state index in [1.54, 1.807) is 10.6 Å². The zero-order valence-electron chi connectivity index (χ0n) is 48.1. The van der Waals surface area contributed by atoms with Crippen LogP contribution >= 0.6 is 15.8 Å². The first-order valence-corrected chi connectivity index (χ1v) is 29.8. The normalized spacial score (nSPS) is 15.0. The van der Waals surface area contributed by atoms with E-state index in [1.807, 2.05) is 0 Å². The van der Waals surface area contributed by atoms with Gasteiger partial charge in [0.2, 0.25) is 0 Å². The standard InChI is InChI=1S/C32H12BF24.C30H41P2.Ni/c34-25(35,36)13-1-14(26(37,38)39)6-21(5-13)33(22-7-15(27(40,41)42)2-16(8-22)28(43,44)45,23-9-17(29(46,47)48)3-18(10-23)30(49,50)51)24-11-19(31(52,53)54)4-20(12-24)32(55,56)57;1-21(2)31(22(3)4)29-15-11-9-13-27(29)25-17-19-26(20-18-25)28-14-10-12-16-30(28)32(23(5)6)24(7)8;/h1-12H;9-25H,1-8H3;/q2*-1;+2. The minimum absolute atomic E-state index is 0. The molecule has 1 atom stereocenters. The first kappa shape index (κ1) is 75.1. The second-order valence-electron chi connectivity index (χ2n) is 22.2. The van der Waals surface area contributed by atoms with Gasteiger partial charge in [0.25, 0.3) is 0 Å². The van der Waals surface area contributed by atoms with Crippen LogP contribution in [-0.4, -0.2) is 28.8 Å². The molecule has 0 bridgehead atoms. The van der Waals surface area contributed by atoms with Gasteiger partial charge in [-0.1, -0.05) is 174 Å². The molecule has 6 aromatic carbocycles. The van der Waals surface area contributed by atoms with Crippen LogP contribution < -0.4 is 32.5 Å². The van der Waals surface area contributed by atoms with E-state index in [0.29, 0.717) is 28.6 Å². The summed E-state index contributed by atoms with van der Waals surface area (Å²) in [5.74, 6) is 0.362. The van der Waals surface area contributed by atoms with E-state index in [0.717, 1.165) is 0 Å². The summed E-state index contributed by atoms with van der Waals surface area (Å²) in [7, 11) is -0.363. The van der Waals surface area contributed by atoms with E-state index >= 15 is 0 Å². The number of hydrogen-bond acceptors (Lipinski definition) is 0. The predicted molar refractivity (Wildman–Crippen MR) is 301 cm³/mol. The van der Waals surface area contributed by atoms with Gasteiger partial charge < -0.3 is 0 Å². The van der Waals surface area contributed by atoms with Crippen molar-refractivity contribution in [1.82, 2.24) is 0 Å². The average Bonchev–Trinajstić information content (AvgIpc) is 0.711. The smallest absolute Gasteiger partial charge is 0.220 e. The maximum atomic E-state index is 14.2. The van der Waals surface area contributed by atoms with Gasteiger partial charge in [0.1, 0.15) is 6.15 Å². The largest absolute Gasteiger partial charge is 2.00 e. The molecule has 0 saturated heterocycles. The summed E-state index contributed by atoms with van der Waals surface area (Å²) in [6.45, 7) is 19.1. The van der Waals surface area contributed by atoms with Crippen LogP contribution in [-0.2, 0) is 65.9 Å². The van der Waals surface area contributed by atoms with Crippen LogP contribution in [0.1, 0.15) is 117 Å². The Bertz CT molecular complexity index is 3090. The van der Waals surface area contributed by atoms with Crippen LogP contribution in [0.4, 0.5) is 105 Å². The van der Waals surface area contributed by atoms with Gasteiger partial charge in [-0.05, 0) is 69.0 Å². The van der Waals surface area contributed by atoms with Crippen molar-refractivity contribution in [3.63, 3.8) is 0 Å². The fourth-order valence-electron chi connectivity index (χ4n) is 11.2. The number of rotatable bonds is 12. The summed E-state index contributed by atoms with van der Waals surface area (Å²) in [5, 5.41) is 3.14. The molecule has 0 aliphatic heterocycles. The third kappa shape index (κ3) is 17.2. The Kier molecular flexibility index (Phi) is 22.7. The predicted octanol–water partition coefficient (Wildman–Crippen LogP) is 19.7. The van der Waals surface area contributed by atoms with Crippen molar-refractivity contribution in [2.24, 2.45) is 0 Å². The van der Waals surface area contributed by atoms with Crippen molar-refractivity contribution < 1.29 is 122 Å². The summed E-state index contributed by atoms with van der Waals surface area (Å²) in [6.07, 6.45) is -45.2. The molecule has 0 saturated carbocycles. The molecule has 0 nitrogen and oxygen atoms in total. The molecule has 0 spiro atoms. The Labute approximate surface area is 515 Å².